The molecule has 0 N–H and O–H groups in total. The average Bonchev–Trinajstić information content (AvgIpc) is 2.41. The lowest BCUT2D eigenvalue weighted by Crippen LogP contribution is -2.02. The summed E-state index contributed by atoms with van der Waals surface area (Å²) >= 11 is 1.57. The molecule has 0 aliphatic heterocycles. The first kappa shape index (κ1) is 12.7. The molecule has 3 heteroatoms. The van der Waals surface area contributed by atoms with Crippen molar-refractivity contribution in [2.75, 3.05) is 7.11 Å². The summed E-state index contributed by atoms with van der Waals surface area (Å²) in [5.74, 6) is -0.301. The van der Waals surface area contributed by atoms with Gasteiger partial charge in [-0.15, -0.1) is 0 Å². The lowest BCUT2D eigenvalue weighted by atomic mass is 10.2. The molecule has 18 heavy (non-hydrogen) atoms. The van der Waals surface area contributed by atoms with Gasteiger partial charge in [0.15, 0.2) is 0 Å². The molecule has 0 radical (unpaired) electrons. The number of carbonyl (C=O) groups is 1. The van der Waals surface area contributed by atoms with Gasteiger partial charge in [0.2, 0.25) is 0 Å². The minimum absolute atomic E-state index is 0.301. The first-order valence-electron chi connectivity index (χ1n) is 5.62. The van der Waals surface area contributed by atoms with E-state index in [1.54, 1.807) is 17.8 Å². The van der Waals surface area contributed by atoms with Gasteiger partial charge in [-0.1, -0.05) is 41.6 Å². The highest BCUT2D eigenvalue weighted by Crippen LogP contribution is 2.30. The molecule has 0 saturated heterocycles. The van der Waals surface area contributed by atoms with Crippen molar-refractivity contribution in [3.8, 4) is 0 Å². The van der Waals surface area contributed by atoms with Crippen LogP contribution in [0.3, 0.4) is 0 Å². The molecule has 0 bridgehead atoms. The van der Waals surface area contributed by atoms with Crippen molar-refractivity contribution in [2.45, 2.75) is 16.7 Å². The molecule has 0 aromatic heterocycles. The lowest BCUT2D eigenvalue weighted by Gasteiger charge is -2.07. The molecular formula is C15H14O2S. The maximum atomic E-state index is 11.6. The van der Waals surface area contributed by atoms with Crippen molar-refractivity contribution in [1.29, 1.82) is 0 Å². The molecule has 0 aliphatic carbocycles. The van der Waals surface area contributed by atoms with Crippen LogP contribution in [0.5, 0.6) is 0 Å². The molecule has 0 fully saturated rings. The minimum Gasteiger partial charge on any atom is -0.465 e. The molecule has 0 saturated carbocycles. The van der Waals surface area contributed by atoms with Gasteiger partial charge < -0.3 is 4.74 Å². The zero-order valence-corrected chi connectivity index (χ0v) is 11.2. The predicted molar refractivity (Wildman–Crippen MR) is 73.1 cm³/mol. The van der Waals surface area contributed by atoms with E-state index in [0.717, 1.165) is 9.79 Å². The number of rotatable bonds is 3. The van der Waals surface area contributed by atoms with Crippen LogP contribution in [0.2, 0.25) is 0 Å². The Hall–Kier alpha value is -1.74. The van der Waals surface area contributed by atoms with Gasteiger partial charge >= 0.3 is 5.97 Å². The van der Waals surface area contributed by atoms with Gasteiger partial charge in [-0.05, 0) is 31.2 Å². The first-order valence-corrected chi connectivity index (χ1v) is 6.44. The monoisotopic (exact) mass is 258 g/mol. The zero-order valence-electron chi connectivity index (χ0n) is 10.3. The largest absolute Gasteiger partial charge is 0.465 e. The van der Waals surface area contributed by atoms with E-state index >= 15 is 0 Å². The summed E-state index contributed by atoms with van der Waals surface area (Å²) in [5, 5.41) is 0. The molecule has 0 heterocycles. The molecule has 2 aromatic rings. The van der Waals surface area contributed by atoms with E-state index in [9.17, 15) is 4.79 Å². The summed E-state index contributed by atoms with van der Waals surface area (Å²) < 4.78 is 4.78. The quantitative estimate of drug-likeness (QED) is 0.780. The molecule has 0 atom stereocenters. The highest BCUT2D eigenvalue weighted by molar-refractivity contribution is 7.99. The van der Waals surface area contributed by atoms with E-state index in [1.165, 1.54) is 12.7 Å². The van der Waals surface area contributed by atoms with E-state index in [-0.39, 0.29) is 5.97 Å². The van der Waals surface area contributed by atoms with E-state index in [4.69, 9.17) is 4.74 Å². The summed E-state index contributed by atoms with van der Waals surface area (Å²) in [6.45, 7) is 2.05. The van der Waals surface area contributed by atoms with Crippen LogP contribution in [-0.2, 0) is 4.74 Å². The van der Waals surface area contributed by atoms with Crippen LogP contribution in [0, 0.1) is 6.92 Å². The van der Waals surface area contributed by atoms with E-state index in [1.807, 2.05) is 30.3 Å². The van der Waals surface area contributed by atoms with E-state index in [0.29, 0.717) is 5.56 Å². The van der Waals surface area contributed by atoms with Crippen molar-refractivity contribution >= 4 is 17.7 Å². The molecule has 92 valence electrons. The third-order valence-corrected chi connectivity index (χ3v) is 3.62. The summed E-state index contributed by atoms with van der Waals surface area (Å²) in [7, 11) is 1.40. The normalized spacial score (nSPS) is 10.1. The second kappa shape index (κ2) is 5.74. The number of aryl methyl sites for hydroxylation is 1. The zero-order chi connectivity index (χ0) is 13.0. The van der Waals surface area contributed by atoms with E-state index < -0.39 is 0 Å². The molecule has 0 amide bonds. The summed E-state index contributed by atoms with van der Waals surface area (Å²) in [6, 6.07) is 15.7. The van der Waals surface area contributed by atoms with Gasteiger partial charge in [-0.2, -0.15) is 0 Å². The third-order valence-electron chi connectivity index (χ3n) is 2.54. The van der Waals surface area contributed by atoms with Crippen LogP contribution in [0.1, 0.15) is 15.9 Å². The van der Waals surface area contributed by atoms with Crippen molar-refractivity contribution in [1.82, 2.24) is 0 Å². The summed E-state index contributed by atoms with van der Waals surface area (Å²) in [6.07, 6.45) is 0. The Kier molecular flexibility index (Phi) is 4.05. The van der Waals surface area contributed by atoms with Gasteiger partial charge in [-0.3, -0.25) is 0 Å². The third kappa shape index (κ3) is 2.93. The second-order valence-electron chi connectivity index (χ2n) is 3.90. The first-order chi connectivity index (χ1) is 8.70. The van der Waals surface area contributed by atoms with Crippen LogP contribution in [0.4, 0.5) is 0 Å². The fraction of sp³-hybridized carbons (Fsp3) is 0.133. The number of benzene rings is 2. The molecular weight excluding hydrogens is 244 g/mol. The second-order valence-corrected chi connectivity index (χ2v) is 5.02. The lowest BCUT2D eigenvalue weighted by molar-refractivity contribution is 0.0597. The average molecular weight is 258 g/mol. The van der Waals surface area contributed by atoms with Crippen molar-refractivity contribution < 1.29 is 9.53 Å². The molecule has 2 aromatic carbocycles. The molecule has 0 unspecified atom stereocenters. The predicted octanol–water partition coefficient (Wildman–Crippen LogP) is 3.93. The van der Waals surface area contributed by atoms with E-state index in [2.05, 4.69) is 19.1 Å². The van der Waals surface area contributed by atoms with Gasteiger partial charge in [0, 0.05) is 9.79 Å². The Morgan fingerprint density at radius 2 is 1.72 bits per heavy atom. The van der Waals surface area contributed by atoms with Crippen LogP contribution in [0.15, 0.2) is 58.3 Å². The number of carbonyl (C=O) groups excluding carboxylic acids is 1. The van der Waals surface area contributed by atoms with Gasteiger partial charge in [0.25, 0.3) is 0 Å². The number of esters is 1. The van der Waals surface area contributed by atoms with Crippen molar-refractivity contribution in [2.24, 2.45) is 0 Å². The smallest absolute Gasteiger partial charge is 0.339 e. The topological polar surface area (TPSA) is 26.3 Å². The number of hydrogen-bond acceptors (Lipinski definition) is 3. The molecule has 2 rings (SSSR count). The highest BCUT2D eigenvalue weighted by atomic mass is 32.2. The summed E-state index contributed by atoms with van der Waals surface area (Å²) in [5.41, 5.74) is 1.83. The van der Waals surface area contributed by atoms with Crippen LogP contribution in [0.25, 0.3) is 0 Å². The number of methoxy groups -OCH3 is 1. The van der Waals surface area contributed by atoms with Crippen molar-refractivity contribution in [3.05, 3.63) is 59.7 Å². The molecule has 0 spiro atoms. The number of hydrogen-bond donors (Lipinski definition) is 0. The Balaban J connectivity index is 2.28. The maximum absolute atomic E-state index is 11.6. The maximum Gasteiger partial charge on any atom is 0.339 e. The number of ether oxygens (including phenoxy) is 1. The Morgan fingerprint density at radius 1 is 1.06 bits per heavy atom. The SMILES string of the molecule is COC(=O)c1ccccc1Sc1ccc(C)cc1. The summed E-state index contributed by atoms with van der Waals surface area (Å²) in [4.78, 5) is 13.7. The Bertz CT molecular complexity index is 547. The van der Waals surface area contributed by atoms with Crippen LogP contribution < -0.4 is 0 Å². The highest BCUT2D eigenvalue weighted by Gasteiger charge is 2.11. The molecule has 2 nitrogen and oxygen atoms in total. The Morgan fingerprint density at radius 3 is 2.39 bits per heavy atom. The standard InChI is InChI=1S/C15H14O2S/c1-11-7-9-12(10-8-11)18-14-6-4-3-5-13(14)15(16)17-2/h3-10H,1-2H3. The van der Waals surface area contributed by atoms with Gasteiger partial charge in [-0.25, -0.2) is 4.79 Å². The van der Waals surface area contributed by atoms with Gasteiger partial charge in [0.1, 0.15) is 0 Å². The Labute approximate surface area is 111 Å². The minimum atomic E-state index is -0.301. The fourth-order valence-electron chi connectivity index (χ4n) is 1.57. The van der Waals surface area contributed by atoms with Gasteiger partial charge in [0.05, 0.1) is 12.7 Å². The van der Waals surface area contributed by atoms with Crippen LogP contribution in [-0.4, -0.2) is 13.1 Å². The molecule has 0 aliphatic rings. The van der Waals surface area contributed by atoms with Crippen molar-refractivity contribution in [3.63, 3.8) is 0 Å². The fourth-order valence-corrected chi connectivity index (χ4v) is 2.50. The van der Waals surface area contributed by atoms with Crippen LogP contribution >= 0.6 is 11.8 Å².